The molecule has 0 fully saturated rings. The summed E-state index contributed by atoms with van der Waals surface area (Å²) in [5, 5.41) is 3.17. The van der Waals surface area contributed by atoms with Gasteiger partial charge in [0.25, 0.3) is 0 Å². The Hall–Kier alpha value is -1.59. The maximum atomic E-state index is 4.97. The normalized spacial score (nSPS) is 10.4. The highest BCUT2D eigenvalue weighted by Crippen LogP contribution is 2.13. The number of nitrogens with one attached hydrogen (secondary N) is 1. The largest absolute Gasteiger partial charge is 0.467 e. The third kappa shape index (κ3) is 4.05. The standard InChI is InChI=1S/C11H20N4O2/c1-5-8(6-2)7-12-9-13-10(16-3)15-11(14-9)17-4/h8H,5-7H2,1-4H3,(H,12,13,14,15). The van der Waals surface area contributed by atoms with Gasteiger partial charge in [0.2, 0.25) is 5.95 Å². The number of nitrogens with zero attached hydrogens (tertiary/aromatic N) is 3. The number of rotatable bonds is 7. The van der Waals surface area contributed by atoms with Crippen molar-refractivity contribution in [3.8, 4) is 12.0 Å². The molecule has 1 aromatic heterocycles. The maximum absolute atomic E-state index is 4.97. The molecule has 0 atom stereocenters. The highest BCUT2D eigenvalue weighted by molar-refractivity contribution is 5.27. The molecule has 0 aliphatic heterocycles. The Bertz CT molecular complexity index is 320. The highest BCUT2D eigenvalue weighted by atomic mass is 16.5. The van der Waals surface area contributed by atoms with Crippen molar-refractivity contribution in [1.82, 2.24) is 15.0 Å². The predicted molar refractivity (Wildman–Crippen MR) is 65.5 cm³/mol. The summed E-state index contributed by atoms with van der Waals surface area (Å²) in [6.07, 6.45) is 2.26. The van der Waals surface area contributed by atoms with Gasteiger partial charge in [0.1, 0.15) is 0 Å². The number of ether oxygens (including phenoxy) is 2. The molecule has 1 aromatic rings. The second-order valence-electron chi connectivity index (χ2n) is 3.70. The second kappa shape index (κ2) is 6.88. The molecule has 96 valence electrons. The first-order valence-electron chi connectivity index (χ1n) is 5.81. The minimum atomic E-state index is 0.254. The molecule has 0 saturated heterocycles. The Morgan fingerprint density at radius 3 is 1.94 bits per heavy atom. The number of hydrogen-bond donors (Lipinski definition) is 1. The molecule has 0 saturated carbocycles. The molecule has 6 nitrogen and oxygen atoms in total. The maximum Gasteiger partial charge on any atom is 0.324 e. The van der Waals surface area contributed by atoms with Crippen molar-refractivity contribution >= 4 is 5.95 Å². The lowest BCUT2D eigenvalue weighted by atomic mass is 10.0. The fraction of sp³-hybridized carbons (Fsp3) is 0.727. The molecule has 0 bridgehead atoms. The van der Waals surface area contributed by atoms with E-state index in [9.17, 15) is 0 Å². The van der Waals surface area contributed by atoms with Crippen LogP contribution in [0.3, 0.4) is 0 Å². The number of anilines is 1. The summed E-state index contributed by atoms with van der Waals surface area (Å²) in [5.74, 6) is 1.10. The van der Waals surface area contributed by atoms with Crippen LogP contribution in [0.15, 0.2) is 0 Å². The van der Waals surface area contributed by atoms with Crippen LogP contribution in [0.25, 0.3) is 0 Å². The van der Waals surface area contributed by atoms with E-state index in [4.69, 9.17) is 9.47 Å². The van der Waals surface area contributed by atoms with Gasteiger partial charge in [-0.3, -0.25) is 0 Å². The Labute approximate surface area is 102 Å². The molecule has 0 amide bonds. The highest BCUT2D eigenvalue weighted by Gasteiger charge is 2.08. The van der Waals surface area contributed by atoms with Crippen LogP contribution in [0.4, 0.5) is 5.95 Å². The Kier molecular flexibility index (Phi) is 5.45. The fourth-order valence-electron chi connectivity index (χ4n) is 1.41. The number of methoxy groups -OCH3 is 2. The summed E-state index contributed by atoms with van der Waals surface area (Å²) >= 11 is 0. The van der Waals surface area contributed by atoms with Gasteiger partial charge in [0.05, 0.1) is 14.2 Å². The SMILES string of the molecule is CCC(CC)CNc1nc(OC)nc(OC)n1. The lowest BCUT2D eigenvalue weighted by Crippen LogP contribution is -2.15. The van der Waals surface area contributed by atoms with Gasteiger partial charge in [-0.15, -0.1) is 4.98 Å². The zero-order valence-corrected chi connectivity index (χ0v) is 10.9. The summed E-state index contributed by atoms with van der Waals surface area (Å²) in [4.78, 5) is 12.1. The van der Waals surface area contributed by atoms with Gasteiger partial charge in [0.15, 0.2) is 0 Å². The average Bonchev–Trinajstić information content (AvgIpc) is 2.39. The molecule has 1 rings (SSSR count). The molecular weight excluding hydrogens is 220 g/mol. The van der Waals surface area contributed by atoms with E-state index in [0.29, 0.717) is 11.9 Å². The van der Waals surface area contributed by atoms with Crippen LogP contribution in [0.2, 0.25) is 0 Å². The summed E-state index contributed by atoms with van der Waals surface area (Å²) in [6.45, 7) is 5.18. The third-order valence-corrected chi connectivity index (χ3v) is 2.66. The Morgan fingerprint density at radius 2 is 1.53 bits per heavy atom. The summed E-state index contributed by atoms with van der Waals surface area (Å²) in [5.41, 5.74) is 0. The summed E-state index contributed by atoms with van der Waals surface area (Å²) in [7, 11) is 3.03. The van der Waals surface area contributed by atoms with Gasteiger partial charge in [-0.2, -0.15) is 9.97 Å². The number of aromatic nitrogens is 3. The van der Waals surface area contributed by atoms with E-state index < -0.39 is 0 Å². The lowest BCUT2D eigenvalue weighted by Gasteiger charge is -2.13. The van der Waals surface area contributed by atoms with Crippen molar-refractivity contribution in [3.63, 3.8) is 0 Å². The summed E-state index contributed by atoms with van der Waals surface area (Å²) < 4.78 is 9.95. The van der Waals surface area contributed by atoms with Crippen molar-refractivity contribution in [2.24, 2.45) is 5.92 Å². The monoisotopic (exact) mass is 240 g/mol. The topological polar surface area (TPSA) is 69.2 Å². The first-order valence-corrected chi connectivity index (χ1v) is 5.81. The molecule has 0 aliphatic carbocycles. The zero-order valence-electron chi connectivity index (χ0n) is 10.9. The molecule has 6 heteroatoms. The quantitative estimate of drug-likeness (QED) is 0.782. The molecule has 0 aliphatic rings. The fourth-order valence-corrected chi connectivity index (χ4v) is 1.41. The van der Waals surface area contributed by atoms with Crippen molar-refractivity contribution < 1.29 is 9.47 Å². The van der Waals surface area contributed by atoms with Crippen LogP contribution >= 0.6 is 0 Å². The van der Waals surface area contributed by atoms with Gasteiger partial charge in [-0.25, -0.2) is 0 Å². The Balaban J connectivity index is 2.69. The van der Waals surface area contributed by atoms with E-state index in [2.05, 4.69) is 34.1 Å². The van der Waals surface area contributed by atoms with Crippen LogP contribution in [0.5, 0.6) is 12.0 Å². The van der Waals surface area contributed by atoms with Crippen molar-refractivity contribution in [2.45, 2.75) is 26.7 Å². The first kappa shape index (κ1) is 13.5. The van der Waals surface area contributed by atoms with Gasteiger partial charge in [0, 0.05) is 6.54 Å². The van der Waals surface area contributed by atoms with Gasteiger partial charge >= 0.3 is 12.0 Å². The molecule has 1 heterocycles. The number of hydrogen-bond acceptors (Lipinski definition) is 6. The van der Waals surface area contributed by atoms with Crippen LogP contribution in [-0.2, 0) is 0 Å². The molecule has 0 unspecified atom stereocenters. The minimum Gasteiger partial charge on any atom is -0.467 e. The molecule has 17 heavy (non-hydrogen) atoms. The molecule has 0 spiro atoms. The Morgan fingerprint density at radius 1 is 1.00 bits per heavy atom. The first-order chi connectivity index (χ1) is 8.23. The van der Waals surface area contributed by atoms with Crippen molar-refractivity contribution in [2.75, 3.05) is 26.1 Å². The van der Waals surface area contributed by atoms with E-state index in [1.165, 1.54) is 14.2 Å². The lowest BCUT2D eigenvalue weighted by molar-refractivity contribution is 0.341. The smallest absolute Gasteiger partial charge is 0.324 e. The van der Waals surface area contributed by atoms with E-state index >= 15 is 0 Å². The average molecular weight is 240 g/mol. The molecule has 0 aromatic carbocycles. The molecule has 0 radical (unpaired) electrons. The van der Waals surface area contributed by atoms with Gasteiger partial charge in [-0.05, 0) is 5.92 Å². The van der Waals surface area contributed by atoms with E-state index in [0.717, 1.165) is 19.4 Å². The van der Waals surface area contributed by atoms with Crippen LogP contribution < -0.4 is 14.8 Å². The van der Waals surface area contributed by atoms with Crippen molar-refractivity contribution in [3.05, 3.63) is 0 Å². The third-order valence-electron chi connectivity index (χ3n) is 2.66. The predicted octanol–water partition coefficient (Wildman–Crippen LogP) is 1.74. The molecule has 1 N–H and O–H groups in total. The van der Waals surface area contributed by atoms with E-state index in [1.54, 1.807) is 0 Å². The van der Waals surface area contributed by atoms with Crippen LogP contribution in [0, 0.1) is 5.92 Å². The summed E-state index contributed by atoms with van der Waals surface area (Å²) in [6, 6.07) is 0.507. The van der Waals surface area contributed by atoms with E-state index in [-0.39, 0.29) is 12.0 Å². The van der Waals surface area contributed by atoms with Crippen molar-refractivity contribution in [1.29, 1.82) is 0 Å². The van der Waals surface area contributed by atoms with Gasteiger partial charge in [-0.1, -0.05) is 26.7 Å². The van der Waals surface area contributed by atoms with Gasteiger partial charge < -0.3 is 14.8 Å². The zero-order chi connectivity index (χ0) is 12.7. The molecular formula is C11H20N4O2. The minimum absolute atomic E-state index is 0.254. The van der Waals surface area contributed by atoms with Crippen LogP contribution in [0.1, 0.15) is 26.7 Å². The van der Waals surface area contributed by atoms with E-state index in [1.807, 2.05) is 0 Å². The van der Waals surface area contributed by atoms with Crippen LogP contribution in [-0.4, -0.2) is 35.7 Å². The second-order valence-corrected chi connectivity index (χ2v) is 3.70.